The van der Waals surface area contributed by atoms with Crippen LogP contribution in [0.15, 0.2) is 0 Å². The molecular weight excluding hydrogens is 193 g/mol. The number of hydrogen-bond donors (Lipinski definition) is 2. The largest absolute Gasteiger partial charge is 0.408 e. The third-order valence-electron chi connectivity index (χ3n) is 1.66. The molecule has 1 aliphatic rings. The van der Waals surface area contributed by atoms with E-state index in [4.69, 9.17) is 5.41 Å². The second-order valence-corrected chi connectivity index (χ2v) is 2.61. The molecule has 1 aliphatic heterocycles. The average Bonchev–Trinajstić information content (AvgIpc) is 1.86. The van der Waals surface area contributed by atoms with Crippen molar-refractivity contribution in [2.24, 2.45) is 0 Å². The van der Waals surface area contributed by atoms with Crippen molar-refractivity contribution in [1.29, 1.82) is 5.41 Å². The molecule has 12 heavy (non-hydrogen) atoms. The molecule has 1 heterocycles. The maximum absolute atomic E-state index is 12.0. The first-order valence-electron chi connectivity index (χ1n) is 3.41. The van der Waals surface area contributed by atoms with Gasteiger partial charge in [-0.1, -0.05) is 0 Å². The van der Waals surface area contributed by atoms with Crippen molar-refractivity contribution in [2.75, 3.05) is 0 Å². The van der Waals surface area contributed by atoms with Crippen molar-refractivity contribution in [3.05, 3.63) is 0 Å². The van der Waals surface area contributed by atoms with Crippen LogP contribution in [0.4, 0.5) is 13.2 Å². The summed E-state index contributed by atoms with van der Waals surface area (Å²) in [6, 6.07) is -1.50. The van der Waals surface area contributed by atoms with Gasteiger partial charge in [-0.25, -0.2) is 0 Å². The number of rotatable bonds is 0. The van der Waals surface area contributed by atoms with Crippen molar-refractivity contribution < 1.29 is 13.2 Å². The van der Waals surface area contributed by atoms with Gasteiger partial charge < -0.3 is 5.32 Å². The molecule has 0 saturated carbocycles. The number of halogens is 4. The van der Waals surface area contributed by atoms with Gasteiger partial charge in [-0.2, -0.15) is 13.2 Å². The van der Waals surface area contributed by atoms with Crippen LogP contribution in [0.2, 0.25) is 0 Å². The monoisotopic (exact) mass is 202 g/mol. The molecule has 72 valence electrons. The highest BCUT2D eigenvalue weighted by molar-refractivity contribution is 5.85. The van der Waals surface area contributed by atoms with Gasteiger partial charge in [-0.15, -0.1) is 12.4 Å². The van der Waals surface area contributed by atoms with Crippen LogP contribution in [0.25, 0.3) is 0 Å². The fourth-order valence-electron chi connectivity index (χ4n) is 1.08. The molecule has 1 rings (SSSR count). The van der Waals surface area contributed by atoms with E-state index < -0.39 is 12.2 Å². The molecule has 2 N–H and O–H groups in total. The fraction of sp³-hybridized carbons (Fsp3) is 0.833. The Morgan fingerprint density at radius 3 is 2.33 bits per heavy atom. The molecule has 0 aliphatic carbocycles. The molecule has 0 amide bonds. The third-order valence-corrected chi connectivity index (χ3v) is 1.66. The second-order valence-electron chi connectivity index (χ2n) is 2.61. The summed E-state index contributed by atoms with van der Waals surface area (Å²) in [6.07, 6.45) is -3.22. The molecule has 0 radical (unpaired) electrons. The van der Waals surface area contributed by atoms with E-state index in [1.165, 1.54) is 0 Å². The summed E-state index contributed by atoms with van der Waals surface area (Å²) in [6.45, 7) is 0. The minimum Gasteiger partial charge on any atom is -0.363 e. The lowest BCUT2D eigenvalue weighted by Crippen LogP contribution is -2.47. The van der Waals surface area contributed by atoms with Crippen LogP contribution >= 0.6 is 12.4 Å². The highest BCUT2D eigenvalue weighted by atomic mass is 35.5. The minimum atomic E-state index is -4.20. The van der Waals surface area contributed by atoms with Gasteiger partial charge in [0.2, 0.25) is 0 Å². The van der Waals surface area contributed by atoms with Crippen LogP contribution in [0.1, 0.15) is 19.3 Å². The van der Waals surface area contributed by atoms with Crippen LogP contribution in [-0.4, -0.2) is 18.1 Å². The molecule has 0 aromatic rings. The summed E-state index contributed by atoms with van der Waals surface area (Å²) in [7, 11) is 0. The smallest absolute Gasteiger partial charge is 0.363 e. The van der Waals surface area contributed by atoms with E-state index in [0.29, 0.717) is 12.8 Å². The van der Waals surface area contributed by atoms with Gasteiger partial charge in [-0.05, 0) is 12.8 Å². The van der Waals surface area contributed by atoms with Gasteiger partial charge in [0.15, 0.2) is 0 Å². The van der Waals surface area contributed by atoms with Crippen LogP contribution in [0.3, 0.4) is 0 Å². The molecule has 1 saturated heterocycles. The summed E-state index contributed by atoms with van der Waals surface area (Å²) in [5.74, 6) is -0.00132. The number of alkyl halides is 3. The topological polar surface area (TPSA) is 35.9 Å². The van der Waals surface area contributed by atoms with Crippen LogP contribution < -0.4 is 5.32 Å². The molecule has 0 bridgehead atoms. The Morgan fingerprint density at radius 1 is 1.42 bits per heavy atom. The number of piperidine rings is 1. The van der Waals surface area contributed by atoms with E-state index >= 15 is 0 Å². The van der Waals surface area contributed by atoms with Gasteiger partial charge in [-0.3, -0.25) is 5.41 Å². The zero-order valence-electron chi connectivity index (χ0n) is 6.24. The van der Waals surface area contributed by atoms with Gasteiger partial charge in [0, 0.05) is 6.42 Å². The van der Waals surface area contributed by atoms with E-state index in [2.05, 4.69) is 5.32 Å². The van der Waals surface area contributed by atoms with E-state index in [9.17, 15) is 13.2 Å². The highest BCUT2D eigenvalue weighted by Crippen LogP contribution is 2.26. The van der Waals surface area contributed by atoms with E-state index in [1.54, 1.807) is 0 Å². The first-order valence-corrected chi connectivity index (χ1v) is 3.41. The van der Waals surface area contributed by atoms with Crippen molar-refractivity contribution in [1.82, 2.24) is 5.32 Å². The quantitative estimate of drug-likeness (QED) is 0.620. The molecule has 0 aromatic carbocycles. The lowest BCUT2D eigenvalue weighted by atomic mass is 10.0. The van der Waals surface area contributed by atoms with Gasteiger partial charge in [0.05, 0.1) is 5.84 Å². The fourth-order valence-corrected chi connectivity index (χ4v) is 1.08. The van der Waals surface area contributed by atoms with Gasteiger partial charge in [0.1, 0.15) is 6.04 Å². The Labute approximate surface area is 74.4 Å². The second kappa shape index (κ2) is 3.98. The first-order chi connectivity index (χ1) is 5.00. The van der Waals surface area contributed by atoms with Crippen LogP contribution in [0.5, 0.6) is 0 Å². The van der Waals surface area contributed by atoms with E-state index in [-0.39, 0.29) is 24.7 Å². The molecule has 1 fully saturated rings. The summed E-state index contributed by atoms with van der Waals surface area (Å²) in [5, 5.41) is 9.10. The molecule has 1 unspecified atom stereocenters. The van der Waals surface area contributed by atoms with Crippen molar-refractivity contribution in [2.45, 2.75) is 31.5 Å². The minimum absolute atomic E-state index is 0. The number of nitrogens with one attached hydrogen (secondary N) is 2. The highest BCUT2D eigenvalue weighted by Gasteiger charge is 2.40. The Bertz CT molecular complexity index is 169. The summed E-state index contributed by atoms with van der Waals surface area (Å²) < 4.78 is 35.9. The Balaban J connectivity index is 0.00000121. The molecule has 6 heteroatoms. The Hall–Kier alpha value is -0.450. The zero-order chi connectivity index (χ0) is 8.48. The lowest BCUT2D eigenvalue weighted by molar-refractivity contribution is -0.155. The molecule has 0 aromatic heterocycles. The van der Waals surface area contributed by atoms with Gasteiger partial charge in [0.25, 0.3) is 0 Å². The molecule has 1 atom stereocenters. The van der Waals surface area contributed by atoms with Crippen molar-refractivity contribution in [3.8, 4) is 0 Å². The van der Waals surface area contributed by atoms with E-state index in [0.717, 1.165) is 0 Å². The first kappa shape index (κ1) is 11.6. The summed E-state index contributed by atoms with van der Waals surface area (Å²) in [4.78, 5) is 0. The summed E-state index contributed by atoms with van der Waals surface area (Å²) >= 11 is 0. The molecule has 0 spiro atoms. The lowest BCUT2D eigenvalue weighted by Gasteiger charge is -2.26. The predicted molar refractivity (Wildman–Crippen MR) is 41.8 cm³/mol. The summed E-state index contributed by atoms with van der Waals surface area (Å²) in [5.41, 5.74) is 0. The van der Waals surface area contributed by atoms with Crippen molar-refractivity contribution in [3.63, 3.8) is 0 Å². The maximum Gasteiger partial charge on any atom is 0.408 e. The standard InChI is InChI=1S/C6H9F3N2.ClH/c7-6(8,9)4-2-1-3-5(10)11-4;/h4H,1-3H2,(H2,10,11);1H. The number of hydrogen-bond acceptors (Lipinski definition) is 1. The van der Waals surface area contributed by atoms with Crippen LogP contribution in [-0.2, 0) is 0 Å². The predicted octanol–water partition coefficient (Wildman–Crippen LogP) is 2.09. The van der Waals surface area contributed by atoms with Crippen molar-refractivity contribution >= 4 is 18.2 Å². The Morgan fingerprint density at radius 2 is 2.00 bits per heavy atom. The van der Waals surface area contributed by atoms with Gasteiger partial charge >= 0.3 is 6.18 Å². The molecular formula is C6H10ClF3N2. The third kappa shape index (κ3) is 2.89. The normalized spacial score (nSPS) is 24.2. The van der Waals surface area contributed by atoms with Crippen LogP contribution in [0, 0.1) is 5.41 Å². The average molecular weight is 203 g/mol. The van der Waals surface area contributed by atoms with E-state index in [1.807, 2.05) is 0 Å². The zero-order valence-corrected chi connectivity index (χ0v) is 7.06. The Kier molecular flexibility index (Phi) is 3.83. The number of amidine groups is 1. The SMILES string of the molecule is Cl.N=C1CCCC(C(F)(F)F)N1. The maximum atomic E-state index is 12.0. The molecule has 2 nitrogen and oxygen atoms in total.